The monoisotopic (exact) mass is 269 g/mol. The van der Waals surface area contributed by atoms with Crippen LogP contribution in [0.2, 0.25) is 0 Å². The van der Waals surface area contributed by atoms with Crippen molar-refractivity contribution in [2.24, 2.45) is 5.92 Å². The van der Waals surface area contributed by atoms with Gasteiger partial charge < -0.3 is 0 Å². The first-order chi connectivity index (χ1) is 9.78. The number of aromatic nitrogens is 2. The van der Waals surface area contributed by atoms with E-state index < -0.39 is 0 Å². The summed E-state index contributed by atoms with van der Waals surface area (Å²) in [6, 6.07) is 12.2. The Balaban J connectivity index is 2.04. The highest BCUT2D eigenvalue weighted by atomic mass is 15.1. The normalized spacial score (nSPS) is 12.6. The van der Waals surface area contributed by atoms with Gasteiger partial charge in [0, 0.05) is 32.0 Å². The molecule has 0 aliphatic heterocycles. The molecule has 0 saturated carbocycles. The average Bonchev–Trinajstić information content (AvgIpc) is 2.49. The van der Waals surface area contributed by atoms with Crippen LogP contribution >= 0.6 is 0 Å². The SMILES string of the molecule is CCC(C)CN(Cc1ccccn1)Cc1ccccn1. The summed E-state index contributed by atoms with van der Waals surface area (Å²) in [6.45, 7) is 7.36. The van der Waals surface area contributed by atoms with E-state index in [2.05, 4.69) is 40.8 Å². The fourth-order valence-corrected chi connectivity index (χ4v) is 2.20. The van der Waals surface area contributed by atoms with Crippen LogP contribution < -0.4 is 0 Å². The first-order valence-corrected chi connectivity index (χ1v) is 7.30. The molecule has 3 nitrogen and oxygen atoms in total. The lowest BCUT2D eigenvalue weighted by atomic mass is 10.1. The second-order valence-corrected chi connectivity index (χ2v) is 5.33. The summed E-state index contributed by atoms with van der Waals surface area (Å²) < 4.78 is 0. The molecule has 2 aromatic rings. The molecule has 2 rings (SSSR count). The van der Waals surface area contributed by atoms with Crippen molar-refractivity contribution >= 4 is 0 Å². The molecule has 0 amide bonds. The van der Waals surface area contributed by atoms with Gasteiger partial charge >= 0.3 is 0 Å². The summed E-state index contributed by atoms with van der Waals surface area (Å²) in [5.74, 6) is 0.683. The van der Waals surface area contributed by atoms with E-state index in [4.69, 9.17) is 0 Å². The topological polar surface area (TPSA) is 29.0 Å². The van der Waals surface area contributed by atoms with Crippen LogP contribution in [0.4, 0.5) is 0 Å². The molecule has 0 fully saturated rings. The largest absolute Gasteiger partial charge is 0.291 e. The van der Waals surface area contributed by atoms with Gasteiger partial charge in [-0.05, 0) is 30.2 Å². The maximum absolute atomic E-state index is 4.43. The molecule has 2 aromatic heterocycles. The Morgan fingerprint density at radius 1 is 0.950 bits per heavy atom. The molecular weight excluding hydrogens is 246 g/mol. The van der Waals surface area contributed by atoms with Crippen molar-refractivity contribution in [3.8, 4) is 0 Å². The summed E-state index contributed by atoms with van der Waals surface area (Å²) in [6.07, 6.45) is 4.91. The van der Waals surface area contributed by atoms with Crippen molar-refractivity contribution in [1.29, 1.82) is 0 Å². The van der Waals surface area contributed by atoms with Gasteiger partial charge in [0.2, 0.25) is 0 Å². The number of nitrogens with zero attached hydrogens (tertiary/aromatic N) is 3. The Kier molecular flexibility index (Phi) is 5.69. The molecule has 106 valence electrons. The van der Waals surface area contributed by atoms with E-state index >= 15 is 0 Å². The number of rotatable bonds is 7. The highest BCUT2D eigenvalue weighted by molar-refractivity contribution is 5.06. The Hall–Kier alpha value is -1.74. The molecule has 3 heteroatoms. The summed E-state index contributed by atoms with van der Waals surface area (Å²) in [5.41, 5.74) is 2.23. The molecule has 0 saturated heterocycles. The average molecular weight is 269 g/mol. The van der Waals surface area contributed by atoms with Gasteiger partial charge in [0.25, 0.3) is 0 Å². The number of hydrogen-bond donors (Lipinski definition) is 0. The third-order valence-electron chi connectivity index (χ3n) is 3.49. The second kappa shape index (κ2) is 7.75. The van der Waals surface area contributed by atoms with Crippen LogP contribution in [0.25, 0.3) is 0 Å². The Bertz CT molecular complexity index is 443. The van der Waals surface area contributed by atoms with Gasteiger partial charge in [-0.25, -0.2) is 0 Å². The van der Waals surface area contributed by atoms with Gasteiger partial charge in [-0.3, -0.25) is 14.9 Å². The Morgan fingerprint density at radius 2 is 1.50 bits per heavy atom. The van der Waals surface area contributed by atoms with Crippen molar-refractivity contribution in [1.82, 2.24) is 14.9 Å². The zero-order valence-electron chi connectivity index (χ0n) is 12.4. The number of hydrogen-bond acceptors (Lipinski definition) is 3. The number of pyridine rings is 2. The summed E-state index contributed by atoms with van der Waals surface area (Å²) >= 11 is 0. The third-order valence-corrected chi connectivity index (χ3v) is 3.49. The summed E-state index contributed by atoms with van der Waals surface area (Å²) in [4.78, 5) is 11.3. The lowest BCUT2D eigenvalue weighted by molar-refractivity contribution is 0.214. The van der Waals surface area contributed by atoms with E-state index in [-0.39, 0.29) is 0 Å². The van der Waals surface area contributed by atoms with Gasteiger partial charge in [-0.1, -0.05) is 32.4 Å². The minimum absolute atomic E-state index is 0.683. The van der Waals surface area contributed by atoms with E-state index in [0.717, 1.165) is 31.0 Å². The molecule has 20 heavy (non-hydrogen) atoms. The molecule has 0 aromatic carbocycles. The molecule has 1 unspecified atom stereocenters. The van der Waals surface area contributed by atoms with Crippen LogP contribution in [0.5, 0.6) is 0 Å². The van der Waals surface area contributed by atoms with E-state index in [1.165, 1.54) is 6.42 Å². The molecule has 0 spiro atoms. The quantitative estimate of drug-likeness (QED) is 0.770. The molecule has 1 atom stereocenters. The van der Waals surface area contributed by atoms with Crippen molar-refractivity contribution in [2.45, 2.75) is 33.4 Å². The van der Waals surface area contributed by atoms with E-state index in [0.29, 0.717) is 5.92 Å². The molecule has 0 aliphatic rings. The van der Waals surface area contributed by atoms with Gasteiger partial charge in [0.15, 0.2) is 0 Å². The van der Waals surface area contributed by atoms with Crippen molar-refractivity contribution in [3.63, 3.8) is 0 Å². The third kappa shape index (κ3) is 4.74. The maximum atomic E-state index is 4.43. The minimum Gasteiger partial charge on any atom is -0.291 e. The van der Waals surface area contributed by atoms with Crippen LogP contribution in [0.15, 0.2) is 48.8 Å². The van der Waals surface area contributed by atoms with E-state index in [9.17, 15) is 0 Å². The molecular formula is C17H23N3. The van der Waals surface area contributed by atoms with Crippen LogP contribution in [0, 0.1) is 5.92 Å². The first-order valence-electron chi connectivity index (χ1n) is 7.30. The molecule has 0 bridgehead atoms. The first kappa shape index (κ1) is 14.7. The predicted octanol–water partition coefficient (Wildman–Crippen LogP) is 3.52. The van der Waals surface area contributed by atoms with Crippen LogP contribution in [0.3, 0.4) is 0 Å². The Labute approximate surface area is 121 Å². The van der Waals surface area contributed by atoms with Gasteiger partial charge in [-0.15, -0.1) is 0 Å². The van der Waals surface area contributed by atoms with E-state index in [1.807, 2.05) is 36.7 Å². The minimum atomic E-state index is 0.683. The maximum Gasteiger partial charge on any atom is 0.0544 e. The smallest absolute Gasteiger partial charge is 0.0544 e. The van der Waals surface area contributed by atoms with Gasteiger partial charge in [0.1, 0.15) is 0 Å². The molecule has 2 heterocycles. The van der Waals surface area contributed by atoms with Gasteiger partial charge in [-0.2, -0.15) is 0 Å². The summed E-state index contributed by atoms with van der Waals surface area (Å²) in [5, 5.41) is 0. The van der Waals surface area contributed by atoms with Crippen LogP contribution in [-0.4, -0.2) is 21.4 Å². The zero-order valence-corrected chi connectivity index (χ0v) is 12.4. The van der Waals surface area contributed by atoms with E-state index in [1.54, 1.807) is 0 Å². The predicted molar refractivity (Wildman–Crippen MR) is 82.0 cm³/mol. The van der Waals surface area contributed by atoms with Crippen molar-refractivity contribution in [3.05, 3.63) is 60.2 Å². The van der Waals surface area contributed by atoms with Gasteiger partial charge in [0.05, 0.1) is 11.4 Å². The second-order valence-electron chi connectivity index (χ2n) is 5.33. The Morgan fingerprint density at radius 3 is 1.90 bits per heavy atom. The fraction of sp³-hybridized carbons (Fsp3) is 0.412. The molecule has 0 radical (unpaired) electrons. The summed E-state index contributed by atoms with van der Waals surface area (Å²) in [7, 11) is 0. The zero-order chi connectivity index (χ0) is 14.2. The highest BCUT2D eigenvalue weighted by Crippen LogP contribution is 2.11. The standard InChI is InChI=1S/C17H23N3/c1-3-15(2)12-20(13-16-8-4-6-10-18-16)14-17-9-5-7-11-19-17/h4-11,15H,3,12-14H2,1-2H3. The van der Waals surface area contributed by atoms with Crippen LogP contribution in [0.1, 0.15) is 31.7 Å². The highest BCUT2D eigenvalue weighted by Gasteiger charge is 2.11. The lowest BCUT2D eigenvalue weighted by Crippen LogP contribution is -2.28. The van der Waals surface area contributed by atoms with Crippen molar-refractivity contribution in [2.75, 3.05) is 6.54 Å². The molecule has 0 aliphatic carbocycles. The van der Waals surface area contributed by atoms with Crippen LogP contribution in [-0.2, 0) is 13.1 Å². The lowest BCUT2D eigenvalue weighted by Gasteiger charge is -2.24. The van der Waals surface area contributed by atoms with Crippen molar-refractivity contribution < 1.29 is 0 Å². The fourth-order valence-electron chi connectivity index (χ4n) is 2.20. The molecule has 0 N–H and O–H groups in total.